The number of hydrogen-bond donors (Lipinski definition) is 0. The summed E-state index contributed by atoms with van der Waals surface area (Å²) in [5.41, 5.74) is -0.103. The molecule has 1 aliphatic carbocycles. The lowest BCUT2D eigenvalue weighted by Crippen LogP contribution is -2.67. The first-order chi connectivity index (χ1) is 11.7. The molecule has 2 aliphatic rings. The molecular weight excluding hydrogens is 323 g/mol. The van der Waals surface area contributed by atoms with Gasteiger partial charge in [-0.3, -0.25) is 4.90 Å². The Morgan fingerprint density at radius 2 is 2.08 bits per heavy atom. The maximum absolute atomic E-state index is 13.7. The molecule has 0 unspecified atom stereocenters. The third kappa shape index (κ3) is 3.53. The summed E-state index contributed by atoms with van der Waals surface area (Å²) < 4.78 is 19.2. The van der Waals surface area contributed by atoms with Crippen molar-refractivity contribution in [1.29, 1.82) is 5.26 Å². The van der Waals surface area contributed by atoms with E-state index in [4.69, 9.17) is 10.00 Å². The third-order valence-electron chi connectivity index (χ3n) is 4.81. The predicted molar refractivity (Wildman–Crippen MR) is 90.6 cm³/mol. The zero-order valence-electron chi connectivity index (χ0n) is 14.9. The fraction of sp³-hybridized carbons (Fsp3) is 0.611. The minimum absolute atomic E-state index is 0.0623. The first-order valence-corrected chi connectivity index (χ1v) is 8.56. The van der Waals surface area contributed by atoms with E-state index in [-0.39, 0.29) is 17.3 Å². The molecule has 2 fully saturated rings. The molecule has 1 aromatic heterocycles. The Kier molecular flexibility index (Phi) is 4.31. The number of anilines is 1. The van der Waals surface area contributed by atoms with Crippen LogP contribution in [0.15, 0.2) is 12.1 Å². The number of carbonyl (C=O) groups is 1. The number of piperazine rings is 1. The summed E-state index contributed by atoms with van der Waals surface area (Å²) in [5.74, 6) is -0.661. The summed E-state index contributed by atoms with van der Waals surface area (Å²) in [6, 6.07) is 4.83. The van der Waals surface area contributed by atoms with Gasteiger partial charge in [0.15, 0.2) is 0 Å². The lowest BCUT2D eigenvalue weighted by Gasteiger charge is -2.56. The highest BCUT2D eigenvalue weighted by atomic mass is 19.1. The average molecular weight is 346 g/mol. The molecule has 3 rings (SSSR count). The number of ether oxygens (including phenoxy) is 1. The van der Waals surface area contributed by atoms with E-state index in [1.165, 1.54) is 6.07 Å². The van der Waals surface area contributed by atoms with Crippen molar-refractivity contribution in [1.82, 2.24) is 9.88 Å². The normalized spacial score (nSPS) is 19.3. The van der Waals surface area contributed by atoms with Crippen molar-refractivity contribution in [3.05, 3.63) is 23.8 Å². The minimum Gasteiger partial charge on any atom is -0.444 e. The van der Waals surface area contributed by atoms with Gasteiger partial charge in [-0.25, -0.2) is 9.78 Å². The van der Waals surface area contributed by atoms with Gasteiger partial charge in [0.1, 0.15) is 17.4 Å². The van der Waals surface area contributed by atoms with E-state index < -0.39 is 11.5 Å². The highest BCUT2D eigenvalue weighted by Crippen LogP contribution is 2.42. The van der Waals surface area contributed by atoms with Crippen molar-refractivity contribution in [2.75, 3.05) is 24.5 Å². The van der Waals surface area contributed by atoms with Gasteiger partial charge >= 0.3 is 6.09 Å². The molecule has 2 heterocycles. The molecule has 1 spiro atoms. The average Bonchev–Trinajstić information content (AvgIpc) is 2.50. The Morgan fingerprint density at radius 1 is 1.36 bits per heavy atom. The van der Waals surface area contributed by atoms with Crippen LogP contribution in [0.3, 0.4) is 0 Å². The standard InChI is InChI=1S/C18H23FN4O2/c1-17(2,3)25-16(24)23-8-7-22(12-18(23)5-4-6-18)14-9-13(11-20)21-15(19)10-14/h9-10H,4-8,12H2,1-3H3. The minimum atomic E-state index is -0.661. The molecule has 1 aliphatic heterocycles. The Morgan fingerprint density at radius 3 is 2.64 bits per heavy atom. The second-order valence-electron chi connectivity index (χ2n) is 7.78. The smallest absolute Gasteiger partial charge is 0.410 e. The topological polar surface area (TPSA) is 69.5 Å². The van der Waals surface area contributed by atoms with E-state index in [1.54, 1.807) is 6.07 Å². The third-order valence-corrected chi connectivity index (χ3v) is 4.81. The van der Waals surface area contributed by atoms with Crippen LogP contribution in [0.25, 0.3) is 0 Å². The molecular formula is C18H23FN4O2. The number of halogens is 1. The van der Waals surface area contributed by atoms with Crippen molar-refractivity contribution in [3.8, 4) is 6.07 Å². The molecule has 7 heteroatoms. The lowest BCUT2D eigenvalue weighted by atomic mass is 9.73. The van der Waals surface area contributed by atoms with E-state index in [0.29, 0.717) is 25.3 Å². The van der Waals surface area contributed by atoms with E-state index >= 15 is 0 Å². The van der Waals surface area contributed by atoms with Gasteiger partial charge < -0.3 is 9.64 Å². The van der Waals surface area contributed by atoms with E-state index in [1.807, 2.05) is 36.6 Å². The summed E-state index contributed by atoms with van der Waals surface area (Å²) >= 11 is 0. The second kappa shape index (κ2) is 6.17. The Balaban J connectivity index is 1.80. The number of rotatable bonds is 1. The monoisotopic (exact) mass is 346 g/mol. The van der Waals surface area contributed by atoms with E-state index in [9.17, 15) is 9.18 Å². The number of nitriles is 1. The van der Waals surface area contributed by atoms with E-state index in [2.05, 4.69) is 4.98 Å². The first-order valence-electron chi connectivity index (χ1n) is 8.56. The molecule has 1 aromatic rings. The van der Waals surface area contributed by atoms with Gasteiger partial charge in [-0.1, -0.05) is 0 Å². The maximum Gasteiger partial charge on any atom is 0.410 e. The summed E-state index contributed by atoms with van der Waals surface area (Å²) in [6.07, 6.45) is 2.58. The zero-order chi connectivity index (χ0) is 18.2. The summed E-state index contributed by atoms with van der Waals surface area (Å²) in [5, 5.41) is 9.00. The molecule has 25 heavy (non-hydrogen) atoms. The second-order valence-corrected chi connectivity index (χ2v) is 7.78. The predicted octanol–water partition coefficient (Wildman–Crippen LogP) is 3.07. The van der Waals surface area contributed by atoms with Gasteiger partial charge in [-0.05, 0) is 46.1 Å². The van der Waals surface area contributed by atoms with Crippen molar-refractivity contribution < 1.29 is 13.9 Å². The van der Waals surface area contributed by atoms with Crippen LogP contribution >= 0.6 is 0 Å². The molecule has 0 radical (unpaired) electrons. The van der Waals surface area contributed by atoms with Crippen molar-refractivity contribution in [2.45, 2.75) is 51.2 Å². The van der Waals surface area contributed by atoms with Gasteiger partial charge in [0.2, 0.25) is 5.95 Å². The molecule has 6 nitrogen and oxygen atoms in total. The number of aromatic nitrogens is 1. The van der Waals surface area contributed by atoms with Gasteiger partial charge in [-0.15, -0.1) is 0 Å². The highest BCUT2D eigenvalue weighted by Gasteiger charge is 2.49. The Hall–Kier alpha value is -2.36. The Bertz CT molecular complexity index is 719. The van der Waals surface area contributed by atoms with Gasteiger partial charge in [-0.2, -0.15) is 9.65 Å². The summed E-state index contributed by atoms with van der Waals surface area (Å²) in [7, 11) is 0. The largest absolute Gasteiger partial charge is 0.444 e. The fourth-order valence-electron chi connectivity index (χ4n) is 3.54. The van der Waals surface area contributed by atoms with Crippen LogP contribution in [0.2, 0.25) is 0 Å². The first kappa shape index (κ1) is 17.5. The maximum atomic E-state index is 13.7. The number of hydrogen-bond acceptors (Lipinski definition) is 5. The van der Waals surface area contributed by atoms with Crippen LogP contribution in [0, 0.1) is 17.3 Å². The van der Waals surface area contributed by atoms with Crippen molar-refractivity contribution >= 4 is 11.8 Å². The SMILES string of the molecule is CC(C)(C)OC(=O)N1CCN(c2cc(F)nc(C#N)c2)CC12CCC2. The molecule has 0 N–H and O–H groups in total. The fourth-order valence-corrected chi connectivity index (χ4v) is 3.54. The van der Waals surface area contributed by atoms with Crippen LogP contribution in [-0.4, -0.2) is 46.8 Å². The van der Waals surface area contributed by atoms with Crippen LogP contribution in [0.5, 0.6) is 0 Å². The highest BCUT2D eigenvalue weighted by molar-refractivity contribution is 5.70. The molecule has 0 bridgehead atoms. The van der Waals surface area contributed by atoms with Crippen LogP contribution < -0.4 is 4.90 Å². The Labute approximate surface area is 147 Å². The summed E-state index contributed by atoms with van der Waals surface area (Å²) in [6.45, 7) is 7.27. The van der Waals surface area contributed by atoms with Gasteiger partial charge in [0.05, 0.1) is 5.54 Å². The molecule has 0 aromatic carbocycles. The lowest BCUT2D eigenvalue weighted by molar-refractivity contribution is -0.0310. The van der Waals surface area contributed by atoms with Gasteiger partial charge in [0.25, 0.3) is 0 Å². The summed E-state index contributed by atoms with van der Waals surface area (Å²) in [4.78, 5) is 20.0. The number of pyridine rings is 1. The van der Waals surface area contributed by atoms with Crippen LogP contribution in [-0.2, 0) is 4.74 Å². The number of amides is 1. The number of carbonyl (C=O) groups excluding carboxylic acids is 1. The molecule has 1 saturated carbocycles. The zero-order valence-corrected chi connectivity index (χ0v) is 14.9. The quantitative estimate of drug-likeness (QED) is 0.731. The van der Waals surface area contributed by atoms with Crippen molar-refractivity contribution in [3.63, 3.8) is 0 Å². The molecule has 1 saturated heterocycles. The molecule has 134 valence electrons. The molecule has 0 atom stereocenters. The van der Waals surface area contributed by atoms with Crippen molar-refractivity contribution in [2.24, 2.45) is 0 Å². The van der Waals surface area contributed by atoms with Crippen LogP contribution in [0.1, 0.15) is 45.7 Å². The molecule has 1 amide bonds. The number of nitrogens with zero attached hydrogens (tertiary/aromatic N) is 4. The van der Waals surface area contributed by atoms with Gasteiger partial charge in [0, 0.05) is 31.4 Å². The van der Waals surface area contributed by atoms with Crippen LogP contribution in [0.4, 0.5) is 14.9 Å². The van der Waals surface area contributed by atoms with E-state index in [0.717, 1.165) is 19.3 Å².